The fourth-order valence-corrected chi connectivity index (χ4v) is 5.16. The number of aromatic nitrogens is 5. The summed E-state index contributed by atoms with van der Waals surface area (Å²) in [5.41, 5.74) is 1.95. The highest BCUT2D eigenvalue weighted by molar-refractivity contribution is 7.84. The zero-order valence-corrected chi connectivity index (χ0v) is 24.3. The van der Waals surface area contributed by atoms with Gasteiger partial charge in [0, 0.05) is 28.2 Å². The van der Waals surface area contributed by atoms with Crippen molar-refractivity contribution in [2.45, 2.75) is 43.7 Å². The average molecular weight is 619 g/mol. The normalized spacial score (nSPS) is 13.8. The van der Waals surface area contributed by atoms with Crippen LogP contribution in [0.25, 0.3) is 27.8 Å². The van der Waals surface area contributed by atoms with Gasteiger partial charge in [0.2, 0.25) is 0 Å². The van der Waals surface area contributed by atoms with E-state index < -0.39 is 34.2 Å². The standard InChI is InChI=1S/C28H26ClF3N6O3S/c1-27(2,42(33)39)14-20(28(30,31)32)18-6-4-16(12-21(18)29)22-8-9-25-35-36-26(38(25)37-22)15-41-24-10-11-34-23-13-17(40-3)5-7-19(23)24/h4-13,20H,14-15,33H2,1-3H3/t20-,42?/m0/s1. The minimum absolute atomic E-state index is 0.0357. The van der Waals surface area contributed by atoms with E-state index in [1.54, 1.807) is 37.6 Å². The van der Waals surface area contributed by atoms with Crippen LogP contribution in [0.1, 0.15) is 37.6 Å². The second-order valence-corrected chi connectivity index (χ2v) is 12.3. The smallest absolute Gasteiger partial charge is 0.395 e. The number of benzene rings is 2. The summed E-state index contributed by atoms with van der Waals surface area (Å²) in [6.07, 6.45) is -3.49. The van der Waals surface area contributed by atoms with Crippen LogP contribution in [0.5, 0.6) is 11.5 Å². The Bertz CT molecular complexity index is 1800. The fourth-order valence-electron chi connectivity index (χ4n) is 4.52. The number of hydrogen-bond acceptors (Lipinski definition) is 7. The molecule has 5 aromatic rings. The molecule has 14 heteroatoms. The van der Waals surface area contributed by atoms with Gasteiger partial charge in [-0.2, -0.15) is 22.8 Å². The zero-order valence-electron chi connectivity index (χ0n) is 22.7. The molecule has 2 N–H and O–H groups in total. The molecule has 3 heterocycles. The molecule has 0 aliphatic carbocycles. The van der Waals surface area contributed by atoms with Crippen molar-refractivity contribution < 1.29 is 26.9 Å². The first kappa shape index (κ1) is 29.7. The number of fused-ring (bicyclic) bond motifs is 2. The number of nitrogens with two attached hydrogens (primary N) is 1. The van der Waals surface area contributed by atoms with Crippen LogP contribution in [0.3, 0.4) is 0 Å². The SMILES string of the molecule is COc1ccc2c(OCc3nnc4ccc(-c5ccc([C@H](CC(C)(C)S(N)=O)C(F)(F)F)c(Cl)c5)nn34)ccnc2c1. The summed E-state index contributed by atoms with van der Waals surface area (Å²) < 4.78 is 65.5. The largest absolute Gasteiger partial charge is 0.497 e. The van der Waals surface area contributed by atoms with Gasteiger partial charge >= 0.3 is 6.18 Å². The molecule has 1 unspecified atom stereocenters. The number of methoxy groups -OCH3 is 1. The Labute approximate surface area is 246 Å². The van der Waals surface area contributed by atoms with E-state index in [9.17, 15) is 17.4 Å². The molecule has 5 rings (SSSR count). The number of nitrogens with zero attached hydrogens (tertiary/aromatic N) is 5. The van der Waals surface area contributed by atoms with Gasteiger partial charge in [0.1, 0.15) is 18.1 Å². The Morgan fingerprint density at radius 3 is 2.55 bits per heavy atom. The van der Waals surface area contributed by atoms with E-state index in [0.717, 1.165) is 5.39 Å². The van der Waals surface area contributed by atoms with E-state index in [0.29, 0.717) is 39.7 Å². The van der Waals surface area contributed by atoms with Crippen LogP contribution in [0, 0.1) is 0 Å². The molecule has 2 atom stereocenters. The predicted octanol–water partition coefficient (Wildman–Crippen LogP) is 6.02. The Kier molecular flexibility index (Phi) is 8.10. The van der Waals surface area contributed by atoms with Crippen LogP contribution in [-0.2, 0) is 17.6 Å². The number of hydrogen-bond donors (Lipinski definition) is 1. The van der Waals surface area contributed by atoms with Gasteiger partial charge in [-0.05, 0) is 62.2 Å². The molecule has 0 radical (unpaired) electrons. The minimum atomic E-state index is -4.62. The summed E-state index contributed by atoms with van der Waals surface area (Å²) in [6.45, 7) is 2.89. The number of alkyl halides is 3. The van der Waals surface area contributed by atoms with E-state index in [1.165, 1.54) is 36.6 Å². The van der Waals surface area contributed by atoms with E-state index in [-0.39, 0.29) is 17.2 Å². The van der Waals surface area contributed by atoms with Gasteiger partial charge in [0.05, 0.1) is 40.0 Å². The van der Waals surface area contributed by atoms with Crippen molar-refractivity contribution in [1.82, 2.24) is 24.8 Å². The number of pyridine rings is 1. The molecule has 0 aliphatic rings. The molecule has 2 aromatic carbocycles. The van der Waals surface area contributed by atoms with E-state index in [1.807, 2.05) is 12.1 Å². The molecule has 0 saturated carbocycles. The number of halogens is 4. The van der Waals surface area contributed by atoms with Crippen LogP contribution in [-0.4, -0.2) is 47.0 Å². The van der Waals surface area contributed by atoms with Crippen molar-refractivity contribution in [2.75, 3.05) is 7.11 Å². The summed E-state index contributed by atoms with van der Waals surface area (Å²) in [5.74, 6) is -0.296. The molecule has 0 amide bonds. The van der Waals surface area contributed by atoms with Crippen LogP contribution < -0.4 is 14.6 Å². The second kappa shape index (κ2) is 11.5. The van der Waals surface area contributed by atoms with Crippen LogP contribution >= 0.6 is 11.6 Å². The minimum Gasteiger partial charge on any atom is -0.497 e. The average Bonchev–Trinajstić information content (AvgIpc) is 3.36. The van der Waals surface area contributed by atoms with Gasteiger partial charge < -0.3 is 9.47 Å². The molecular formula is C28H26ClF3N6O3S. The van der Waals surface area contributed by atoms with Crippen molar-refractivity contribution in [3.05, 3.63) is 77.2 Å². The highest BCUT2D eigenvalue weighted by Gasteiger charge is 2.45. The quantitative estimate of drug-likeness (QED) is 0.215. The number of ether oxygens (including phenoxy) is 2. The molecule has 0 spiro atoms. The molecule has 0 saturated heterocycles. The van der Waals surface area contributed by atoms with Crippen LogP contribution in [0.2, 0.25) is 5.02 Å². The Hall–Kier alpha value is -3.81. The van der Waals surface area contributed by atoms with Crippen LogP contribution in [0.15, 0.2) is 60.8 Å². The van der Waals surface area contributed by atoms with Gasteiger partial charge in [-0.25, -0.2) is 4.21 Å². The van der Waals surface area contributed by atoms with Crippen molar-refractivity contribution >= 4 is 39.1 Å². The fraction of sp³-hybridized carbons (Fsp3) is 0.286. The topological polar surface area (TPSA) is 118 Å². The molecule has 9 nitrogen and oxygen atoms in total. The van der Waals surface area contributed by atoms with Gasteiger partial charge in [-0.3, -0.25) is 10.1 Å². The van der Waals surface area contributed by atoms with Crippen molar-refractivity contribution in [3.63, 3.8) is 0 Å². The molecular weight excluding hydrogens is 593 g/mol. The van der Waals surface area contributed by atoms with Crippen molar-refractivity contribution in [1.29, 1.82) is 0 Å². The van der Waals surface area contributed by atoms with Gasteiger partial charge in [0.15, 0.2) is 11.5 Å². The Morgan fingerprint density at radius 2 is 1.86 bits per heavy atom. The summed E-state index contributed by atoms with van der Waals surface area (Å²) in [4.78, 5) is 4.36. The molecule has 0 aliphatic heterocycles. The Morgan fingerprint density at radius 1 is 1.07 bits per heavy atom. The third-order valence-electron chi connectivity index (χ3n) is 6.90. The summed E-state index contributed by atoms with van der Waals surface area (Å²) >= 11 is 6.40. The lowest BCUT2D eigenvalue weighted by Gasteiger charge is -2.29. The molecule has 3 aromatic heterocycles. The second-order valence-electron chi connectivity index (χ2n) is 10.2. The summed E-state index contributed by atoms with van der Waals surface area (Å²) in [6, 6.07) is 14.8. The Balaban J connectivity index is 1.42. The first-order valence-electron chi connectivity index (χ1n) is 12.7. The maximum atomic E-state index is 14.1. The highest BCUT2D eigenvalue weighted by atomic mass is 35.5. The third kappa shape index (κ3) is 6.03. The molecule has 220 valence electrons. The maximum absolute atomic E-state index is 14.1. The summed E-state index contributed by atoms with van der Waals surface area (Å²) in [5, 5.41) is 19.1. The highest BCUT2D eigenvalue weighted by Crippen LogP contribution is 2.44. The first-order chi connectivity index (χ1) is 19.9. The van der Waals surface area contributed by atoms with E-state index in [4.69, 9.17) is 26.2 Å². The monoisotopic (exact) mass is 618 g/mol. The van der Waals surface area contributed by atoms with Crippen molar-refractivity contribution in [2.24, 2.45) is 5.14 Å². The van der Waals surface area contributed by atoms with Crippen molar-refractivity contribution in [3.8, 4) is 22.8 Å². The lowest BCUT2D eigenvalue weighted by atomic mass is 9.88. The van der Waals surface area contributed by atoms with Gasteiger partial charge in [-0.15, -0.1) is 10.2 Å². The molecule has 0 bridgehead atoms. The molecule has 42 heavy (non-hydrogen) atoms. The van der Waals surface area contributed by atoms with Gasteiger partial charge in [-0.1, -0.05) is 23.7 Å². The first-order valence-corrected chi connectivity index (χ1v) is 14.3. The van der Waals surface area contributed by atoms with E-state index >= 15 is 0 Å². The molecule has 0 fully saturated rings. The predicted molar refractivity (Wildman–Crippen MR) is 154 cm³/mol. The summed E-state index contributed by atoms with van der Waals surface area (Å²) in [7, 11) is -0.388. The third-order valence-corrected chi connectivity index (χ3v) is 8.48. The lowest BCUT2D eigenvalue weighted by Crippen LogP contribution is -2.37. The number of rotatable bonds is 9. The van der Waals surface area contributed by atoms with Crippen LogP contribution in [0.4, 0.5) is 13.2 Å². The maximum Gasteiger partial charge on any atom is 0.395 e. The lowest BCUT2D eigenvalue weighted by molar-refractivity contribution is -0.153. The van der Waals surface area contributed by atoms with E-state index in [2.05, 4.69) is 20.3 Å². The van der Waals surface area contributed by atoms with Gasteiger partial charge in [0.25, 0.3) is 0 Å². The zero-order chi connectivity index (χ0) is 30.2.